The van der Waals surface area contributed by atoms with Crippen molar-refractivity contribution in [2.45, 2.75) is 17.2 Å². The SMILES string of the molecule is Cc1nc(Sc2nc(Cl)nc(-n3ccnc3)n2)n[nH]1. The Morgan fingerprint density at radius 3 is 2.79 bits per heavy atom. The van der Waals surface area contributed by atoms with Crippen LogP contribution in [-0.4, -0.2) is 39.7 Å². The van der Waals surface area contributed by atoms with Crippen molar-refractivity contribution in [3.05, 3.63) is 29.8 Å². The number of nitrogens with one attached hydrogen (secondary N) is 1. The molecule has 19 heavy (non-hydrogen) atoms. The van der Waals surface area contributed by atoms with E-state index in [4.69, 9.17) is 11.6 Å². The van der Waals surface area contributed by atoms with Crippen LogP contribution in [0.2, 0.25) is 5.28 Å². The number of rotatable bonds is 3. The second-order valence-electron chi connectivity index (χ2n) is 3.46. The fourth-order valence-electron chi connectivity index (χ4n) is 1.31. The summed E-state index contributed by atoms with van der Waals surface area (Å²) >= 11 is 7.08. The zero-order chi connectivity index (χ0) is 13.2. The van der Waals surface area contributed by atoms with Gasteiger partial charge in [0.15, 0.2) is 0 Å². The second-order valence-corrected chi connectivity index (χ2v) is 4.73. The third kappa shape index (κ3) is 2.71. The van der Waals surface area contributed by atoms with Crippen LogP contribution in [0.3, 0.4) is 0 Å². The first-order valence-corrected chi connectivity index (χ1v) is 6.37. The van der Waals surface area contributed by atoms with E-state index in [9.17, 15) is 0 Å². The van der Waals surface area contributed by atoms with Gasteiger partial charge in [0.2, 0.25) is 21.5 Å². The Bertz CT molecular complexity index is 694. The number of hydrogen-bond acceptors (Lipinski definition) is 7. The van der Waals surface area contributed by atoms with Crippen molar-refractivity contribution < 1.29 is 0 Å². The molecule has 0 spiro atoms. The van der Waals surface area contributed by atoms with E-state index in [-0.39, 0.29) is 5.28 Å². The predicted octanol–water partition coefficient (Wildman–Crippen LogP) is 1.29. The Kier molecular flexibility index (Phi) is 3.13. The van der Waals surface area contributed by atoms with Gasteiger partial charge in [0.05, 0.1) is 0 Å². The molecule has 0 bridgehead atoms. The lowest BCUT2D eigenvalue weighted by atomic mass is 10.8. The van der Waals surface area contributed by atoms with Crippen LogP contribution in [0, 0.1) is 6.92 Å². The molecule has 0 saturated heterocycles. The molecule has 0 atom stereocenters. The highest BCUT2D eigenvalue weighted by Gasteiger charge is 2.10. The minimum absolute atomic E-state index is 0.105. The van der Waals surface area contributed by atoms with Crippen molar-refractivity contribution in [2.24, 2.45) is 0 Å². The molecule has 10 heteroatoms. The van der Waals surface area contributed by atoms with E-state index >= 15 is 0 Å². The summed E-state index contributed by atoms with van der Waals surface area (Å²) in [6.07, 6.45) is 4.93. The number of halogens is 1. The number of imidazole rings is 1. The Morgan fingerprint density at radius 1 is 1.21 bits per heavy atom. The van der Waals surface area contributed by atoms with E-state index in [0.717, 1.165) is 5.82 Å². The van der Waals surface area contributed by atoms with Crippen molar-refractivity contribution in [2.75, 3.05) is 0 Å². The lowest BCUT2D eigenvalue weighted by Gasteiger charge is -2.02. The first-order valence-electron chi connectivity index (χ1n) is 5.17. The molecule has 0 unspecified atom stereocenters. The van der Waals surface area contributed by atoms with Crippen molar-refractivity contribution in [1.82, 2.24) is 39.7 Å². The van der Waals surface area contributed by atoms with Crippen LogP contribution in [-0.2, 0) is 0 Å². The maximum absolute atomic E-state index is 5.88. The minimum atomic E-state index is 0.105. The van der Waals surface area contributed by atoms with Gasteiger partial charge in [-0.3, -0.25) is 9.67 Å². The molecule has 0 saturated carbocycles. The van der Waals surface area contributed by atoms with Gasteiger partial charge in [-0.25, -0.2) is 9.97 Å². The highest BCUT2D eigenvalue weighted by Crippen LogP contribution is 2.22. The van der Waals surface area contributed by atoms with Crippen LogP contribution in [0.15, 0.2) is 29.0 Å². The molecule has 96 valence electrons. The number of nitrogens with zero attached hydrogens (tertiary/aromatic N) is 7. The molecule has 1 N–H and O–H groups in total. The van der Waals surface area contributed by atoms with E-state index in [1.165, 1.54) is 11.8 Å². The van der Waals surface area contributed by atoms with E-state index < -0.39 is 0 Å². The quantitative estimate of drug-likeness (QED) is 0.777. The Labute approximate surface area is 116 Å². The molecular weight excluding hydrogens is 288 g/mol. The molecule has 0 aliphatic rings. The van der Waals surface area contributed by atoms with Crippen LogP contribution >= 0.6 is 23.4 Å². The molecule has 0 amide bonds. The molecule has 0 fully saturated rings. The Balaban J connectivity index is 1.94. The summed E-state index contributed by atoms with van der Waals surface area (Å²) in [5, 5.41) is 7.79. The van der Waals surface area contributed by atoms with Gasteiger partial charge in [-0.15, -0.1) is 5.10 Å². The van der Waals surface area contributed by atoms with Crippen LogP contribution in [0.1, 0.15) is 5.82 Å². The average molecular weight is 295 g/mol. The first-order chi connectivity index (χ1) is 9.20. The summed E-state index contributed by atoms with van der Waals surface area (Å²) in [7, 11) is 0. The fourth-order valence-corrected chi connectivity index (χ4v) is 2.21. The summed E-state index contributed by atoms with van der Waals surface area (Å²) in [5.74, 6) is 1.12. The van der Waals surface area contributed by atoms with Crippen molar-refractivity contribution in [3.8, 4) is 5.95 Å². The Hall–Kier alpha value is -2.00. The van der Waals surface area contributed by atoms with Crippen molar-refractivity contribution >= 4 is 23.4 Å². The van der Waals surface area contributed by atoms with Gasteiger partial charge in [-0.1, -0.05) is 0 Å². The topological polar surface area (TPSA) is 98.1 Å². The van der Waals surface area contributed by atoms with Gasteiger partial charge in [-0.2, -0.15) is 15.0 Å². The van der Waals surface area contributed by atoms with E-state index in [1.54, 1.807) is 23.3 Å². The van der Waals surface area contributed by atoms with E-state index in [2.05, 4.69) is 35.1 Å². The average Bonchev–Trinajstić information content (AvgIpc) is 3.00. The van der Waals surface area contributed by atoms with Gasteiger partial charge >= 0.3 is 0 Å². The maximum atomic E-state index is 5.88. The number of hydrogen-bond donors (Lipinski definition) is 1. The predicted molar refractivity (Wildman–Crippen MR) is 67.2 cm³/mol. The van der Waals surface area contributed by atoms with Crippen LogP contribution < -0.4 is 0 Å². The number of H-pyrrole nitrogens is 1. The van der Waals surface area contributed by atoms with Gasteiger partial charge in [-0.05, 0) is 30.3 Å². The summed E-state index contributed by atoms with van der Waals surface area (Å²) in [5.41, 5.74) is 0. The summed E-state index contributed by atoms with van der Waals surface area (Å²) in [6, 6.07) is 0. The molecule has 0 aliphatic carbocycles. The van der Waals surface area contributed by atoms with E-state index in [0.29, 0.717) is 16.3 Å². The zero-order valence-electron chi connectivity index (χ0n) is 9.65. The van der Waals surface area contributed by atoms with Crippen LogP contribution in [0.25, 0.3) is 5.95 Å². The minimum Gasteiger partial charge on any atom is -0.274 e. The fraction of sp³-hybridized carbons (Fsp3) is 0.111. The molecule has 8 nitrogen and oxygen atoms in total. The normalized spacial score (nSPS) is 10.8. The maximum Gasteiger partial charge on any atom is 0.240 e. The van der Waals surface area contributed by atoms with Crippen LogP contribution in [0.5, 0.6) is 0 Å². The monoisotopic (exact) mass is 294 g/mol. The summed E-state index contributed by atoms with van der Waals surface area (Å²) in [4.78, 5) is 20.4. The second kappa shape index (κ2) is 4.94. The molecular formula is C9H7ClN8S. The molecule has 3 aromatic rings. The number of aromatic nitrogens is 8. The van der Waals surface area contributed by atoms with Crippen molar-refractivity contribution in [3.63, 3.8) is 0 Å². The number of aryl methyl sites for hydroxylation is 1. The van der Waals surface area contributed by atoms with Crippen LogP contribution in [0.4, 0.5) is 0 Å². The standard InChI is InChI=1S/C9H7ClN8S/c1-5-12-9(17-16-5)19-8-14-6(10)13-7(15-8)18-3-2-11-4-18/h2-4H,1H3,(H,12,16,17). The summed E-state index contributed by atoms with van der Waals surface area (Å²) < 4.78 is 1.64. The first kappa shape index (κ1) is 12.1. The lowest BCUT2D eigenvalue weighted by molar-refractivity contribution is 0.819. The molecule has 0 aromatic carbocycles. The highest BCUT2D eigenvalue weighted by molar-refractivity contribution is 7.99. The van der Waals surface area contributed by atoms with Gasteiger partial charge in [0.1, 0.15) is 12.2 Å². The smallest absolute Gasteiger partial charge is 0.240 e. The summed E-state index contributed by atoms with van der Waals surface area (Å²) in [6.45, 7) is 1.81. The third-order valence-corrected chi connectivity index (χ3v) is 2.97. The molecule has 0 radical (unpaired) electrons. The molecule has 0 aliphatic heterocycles. The van der Waals surface area contributed by atoms with Gasteiger partial charge in [0, 0.05) is 12.4 Å². The number of aromatic amines is 1. The third-order valence-electron chi connectivity index (χ3n) is 2.07. The lowest BCUT2D eigenvalue weighted by Crippen LogP contribution is -2.02. The zero-order valence-corrected chi connectivity index (χ0v) is 11.2. The highest BCUT2D eigenvalue weighted by atomic mass is 35.5. The largest absolute Gasteiger partial charge is 0.274 e. The molecule has 3 heterocycles. The van der Waals surface area contributed by atoms with Gasteiger partial charge in [0.25, 0.3) is 0 Å². The van der Waals surface area contributed by atoms with E-state index in [1.807, 2.05) is 6.92 Å². The van der Waals surface area contributed by atoms with Crippen molar-refractivity contribution in [1.29, 1.82) is 0 Å². The molecule has 3 aromatic heterocycles. The molecule has 3 rings (SSSR count). The Morgan fingerprint density at radius 2 is 2.11 bits per heavy atom. The van der Waals surface area contributed by atoms with Gasteiger partial charge < -0.3 is 0 Å².